The van der Waals surface area contributed by atoms with Gasteiger partial charge in [-0.15, -0.1) is 0 Å². The molecule has 29 heavy (non-hydrogen) atoms. The van der Waals surface area contributed by atoms with Gasteiger partial charge in [0.1, 0.15) is 5.69 Å². The van der Waals surface area contributed by atoms with Crippen LogP contribution in [0, 0.1) is 6.92 Å². The van der Waals surface area contributed by atoms with Crippen LogP contribution in [0.25, 0.3) is 0 Å². The maximum absolute atomic E-state index is 13.1. The van der Waals surface area contributed by atoms with Crippen molar-refractivity contribution in [3.8, 4) is 0 Å². The number of amides is 1. The van der Waals surface area contributed by atoms with Gasteiger partial charge in [-0.1, -0.05) is 45.9 Å². The van der Waals surface area contributed by atoms with Crippen molar-refractivity contribution in [2.24, 2.45) is 0 Å². The summed E-state index contributed by atoms with van der Waals surface area (Å²) < 4.78 is 5.64. The summed E-state index contributed by atoms with van der Waals surface area (Å²) in [6, 6.07) is 7.93. The summed E-state index contributed by atoms with van der Waals surface area (Å²) in [5.41, 5.74) is 4.27. The monoisotopic (exact) mass is 396 g/mol. The summed E-state index contributed by atoms with van der Waals surface area (Å²) in [6.07, 6.45) is 2.31. The first kappa shape index (κ1) is 21.2. The van der Waals surface area contributed by atoms with Crippen molar-refractivity contribution in [2.45, 2.75) is 65.4 Å². The van der Waals surface area contributed by atoms with Crippen LogP contribution in [-0.2, 0) is 4.74 Å². The van der Waals surface area contributed by atoms with E-state index in [0.29, 0.717) is 30.0 Å². The maximum atomic E-state index is 13.1. The highest BCUT2D eigenvalue weighted by molar-refractivity contribution is 6.04. The largest absolute Gasteiger partial charge is 0.376 e. The van der Waals surface area contributed by atoms with E-state index in [1.54, 1.807) is 6.07 Å². The van der Waals surface area contributed by atoms with Crippen molar-refractivity contribution in [3.05, 3.63) is 46.8 Å². The van der Waals surface area contributed by atoms with Gasteiger partial charge >= 0.3 is 0 Å². The molecule has 1 unspecified atom stereocenters. The molecule has 1 aromatic carbocycles. The van der Waals surface area contributed by atoms with Crippen LogP contribution in [0.1, 0.15) is 79.7 Å². The fraction of sp³-hybridized carbons (Fsp3) is 0.522. The highest BCUT2D eigenvalue weighted by atomic mass is 16.5. The number of benzene rings is 1. The molecule has 1 saturated heterocycles. The molecule has 0 bridgehead atoms. The molecular formula is C23H32N4O2. The third-order valence-corrected chi connectivity index (χ3v) is 5.21. The van der Waals surface area contributed by atoms with Gasteiger partial charge in [0, 0.05) is 24.5 Å². The third kappa shape index (κ3) is 5.32. The second-order valence-electron chi connectivity index (χ2n) is 8.31. The number of hydrogen-bond donors (Lipinski definition) is 2. The Labute approximate surface area is 173 Å². The molecule has 2 heterocycles. The number of carbonyl (C=O) groups is 1. The van der Waals surface area contributed by atoms with Crippen LogP contribution in [0.5, 0.6) is 0 Å². The lowest BCUT2D eigenvalue weighted by Crippen LogP contribution is -2.22. The third-order valence-electron chi connectivity index (χ3n) is 5.21. The smallest absolute Gasteiger partial charge is 0.274 e. The molecule has 1 atom stereocenters. The first-order valence-corrected chi connectivity index (χ1v) is 10.5. The summed E-state index contributed by atoms with van der Waals surface area (Å²) in [5, 5.41) is 6.35. The highest BCUT2D eigenvalue weighted by Gasteiger charge is 2.19. The van der Waals surface area contributed by atoms with Crippen molar-refractivity contribution in [1.29, 1.82) is 0 Å². The molecule has 3 rings (SSSR count). The van der Waals surface area contributed by atoms with Crippen molar-refractivity contribution in [3.63, 3.8) is 0 Å². The predicted molar refractivity (Wildman–Crippen MR) is 117 cm³/mol. The fourth-order valence-corrected chi connectivity index (χ4v) is 3.65. The van der Waals surface area contributed by atoms with Crippen LogP contribution in [-0.4, -0.2) is 35.1 Å². The Hall–Kier alpha value is -2.47. The molecule has 2 aromatic rings. The standard InChI is InChI=1S/C23H32N4O2/c1-14(2)18-9-6-10-19(15(3)4)21(18)27-22(28)20-12-16(5)25-23(26-20)24-13-17-8-7-11-29-17/h6,9-10,12,14-15,17H,7-8,11,13H2,1-5H3,(H,27,28)(H,24,25,26). The molecule has 0 saturated carbocycles. The number of nitrogens with one attached hydrogen (secondary N) is 2. The Morgan fingerprint density at radius 2 is 1.86 bits per heavy atom. The summed E-state index contributed by atoms with van der Waals surface area (Å²) in [5.74, 6) is 0.858. The average molecular weight is 397 g/mol. The number of nitrogens with zero attached hydrogens (tertiary/aromatic N) is 2. The molecule has 0 aliphatic carbocycles. The van der Waals surface area contributed by atoms with Gasteiger partial charge < -0.3 is 15.4 Å². The Bertz CT molecular complexity index is 832. The van der Waals surface area contributed by atoms with Crippen LogP contribution in [0.3, 0.4) is 0 Å². The molecular weight excluding hydrogens is 364 g/mol. The van der Waals surface area contributed by atoms with Gasteiger partial charge in [0.2, 0.25) is 5.95 Å². The predicted octanol–water partition coefficient (Wildman–Crippen LogP) is 4.88. The highest BCUT2D eigenvalue weighted by Crippen LogP contribution is 2.32. The van der Waals surface area contributed by atoms with E-state index in [1.807, 2.05) is 6.92 Å². The van der Waals surface area contributed by atoms with E-state index in [9.17, 15) is 4.79 Å². The minimum absolute atomic E-state index is 0.183. The minimum Gasteiger partial charge on any atom is -0.376 e. The number of hydrogen-bond acceptors (Lipinski definition) is 5. The second kappa shape index (κ2) is 9.35. The van der Waals surface area contributed by atoms with Crippen LogP contribution < -0.4 is 10.6 Å². The van der Waals surface area contributed by atoms with E-state index in [-0.39, 0.29) is 12.0 Å². The van der Waals surface area contributed by atoms with E-state index in [0.717, 1.165) is 42.0 Å². The Morgan fingerprint density at radius 1 is 1.17 bits per heavy atom. The number of para-hydroxylation sites is 1. The lowest BCUT2D eigenvalue weighted by Gasteiger charge is -2.20. The molecule has 6 heteroatoms. The van der Waals surface area contributed by atoms with E-state index in [1.165, 1.54) is 0 Å². The van der Waals surface area contributed by atoms with Crippen molar-refractivity contribution in [2.75, 3.05) is 23.8 Å². The molecule has 0 spiro atoms. The number of carbonyl (C=O) groups excluding carboxylic acids is 1. The molecule has 1 aromatic heterocycles. The van der Waals surface area contributed by atoms with Gasteiger partial charge in [0.25, 0.3) is 5.91 Å². The number of rotatable bonds is 7. The zero-order valence-corrected chi connectivity index (χ0v) is 18.1. The number of aryl methyl sites for hydroxylation is 1. The molecule has 1 aliphatic rings. The normalized spacial score (nSPS) is 16.4. The number of aromatic nitrogens is 2. The van der Waals surface area contributed by atoms with Crippen LogP contribution in [0.2, 0.25) is 0 Å². The van der Waals surface area contributed by atoms with E-state index >= 15 is 0 Å². The quantitative estimate of drug-likeness (QED) is 0.698. The lowest BCUT2D eigenvalue weighted by molar-refractivity contribution is 0.102. The molecule has 156 valence electrons. The SMILES string of the molecule is Cc1cc(C(=O)Nc2c(C(C)C)cccc2C(C)C)nc(NCC2CCCO2)n1. The Morgan fingerprint density at radius 3 is 2.45 bits per heavy atom. The zero-order valence-electron chi connectivity index (χ0n) is 18.1. The maximum Gasteiger partial charge on any atom is 0.274 e. The van der Waals surface area contributed by atoms with Gasteiger partial charge in [-0.25, -0.2) is 9.97 Å². The van der Waals surface area contributed by atoms with Crippen LogP contribution >= 0.6 is 0 Å². The number of anilines is 2. The first-order valence-electron chi connectivity index (χ1n) is 10.5. The summed E-state index contributed by atoms with van der Waals surface area (Å²) in [7, 11) is 0. The molecule has 0 radical (unpaired) electrons. The van der Waals surface area contributed by atoms with E-state index < -0.39 is 0 Å². The summed E-state index contributed by atoms with van der Waals surface area (Å²) >= 11 is 0. The second-order valence-corrected chi connectivity index (χ2v) is 8.31. The molecule has 1 amide bonds. The van der Waals surface area contributed by atoms with Gasteiger partial charge in [-0.05, 0) is 48.8 Å². The van der Waals surface area contributed by atoms with E-state index in [2.05, 4.69) is 66.5 Å². The van der Waals surface area contributed by atoms with E-state index in [4.69, 9.17) is 4.74 Å². The molecule has 1 fully saturated rings. The minimum atomic E-state index is -0.217. The average Bonchev–Trinajstić information content (AvgIpc) is 3.19. The zero-order chi connectivity index (χ0) is 21.0. The van der Waals surface area contributed by atoms with Gasteiger partial charge in [0.15, 0.2) is 0 Å². The van der Waals surface area contributed by atoms with Crippen molar-refractivity contribution in [1.82, 2.24) is 9.97 Å². The van der Waals surface area contributed by atoms with Gasteiger partial charge in [-0.3, -0.25) is 4.79 Å². The lowest BCUT2D eigenvalue weighted by atomic mass is 9.92. The fourth-order valence-electron chi connectivity index (χ4n) is 3.65. The molecule has 6 nitrogen and oxygen atoms in total. The van der Waals surface area contributed by atoms with Crippen molar-refractivity contribution >= 4 is 17.5 Å². The van der Waals surface area contributed by atoms with Crippen LogP contribution in [0.4, 0.5) is 11.6 Å². The van der Waals surface area contributed by atoms with Gasteiger partial charge in [-0.2, -0.15) is 0 Å². The van der Waals surface area contributed by atoms with Crippen molar-refractivity contribution < 1.29 is 9.53 Å². The molecule has 2 N–H and O–H groups in total. The topological polar surface area (TPSA) is 76.1 Å². The number of ether oxygens (including phenoxy) is 1. The Kier molecular flexibility index (Phi) is 6.85. The molecule has 1 aliphatic heterocycles. The summed E-state index contributed by atoms with van der Waals surface area (Å²) in [6.45, 7) is 11.9. The summed E-state index contributed by atoms with van der Waals surface area (Å²) in [4.78, 5) is 21.9. The van der Waals surface area contributed by atoms with Crippen LogP contribution in [0.15, 0.2) is 24.3 Å². The Balaban J connectivity index is 1.82. The first-order chi connectivity index (χ1) is 13.8. The van der Waals surface area contributed by atoms with Gasteiger partial charge in [0.05, 0.1) is 6.10 Å².